The van der Waals surface area contributed by atoms with Gasteiger partial charge in [-0.05, 0) is 36.4 Å². The van der Waals surface area contributed by atoms with E-state index in [1.165, 1.54) is 6.26 Å². The van der Waals surface area contributed by atoms with Crippen molar-refractivity contribution in [1.82, 2.24) is 15.3 Å². The molecular formula is C26H23ClN4O3. The van der Waals surface area contributed by atoms with E-state index in [0.29, 0.717) is 48.4 Å². The minimum atomic E-state index is -0.106. The first-order valence-corrected chi connectivity index (χ1v) is 11.4. The molecule has 0 radical (unpaired) electrons. The van der Waals surface area contributed by atoms with Crippen LogP contribution >= 0.6 is 11.6 Å². The number of pyridine rings is 1. The summed E-state index contributed by atoms with van der Waals surface area (Å²) in [5.41, 5.74) is 3.43. The van der Waals surface area contributed by atoms with Crippen LogP contribution in [0.25, 0.3) is 0 Å². The fraction of sp³-hybridized carbons (Fsp3) is 0.192. The first-order valence-electron chi connectivity index (χ1n) is 11.0. The summed E-state index contributed by atoms with van der Waals surface area (Å²) in [5.74, 6) is 1.93. The fourth-order valence-corrected chi connectivity index (χ4v) is 4.04. The number of anilines is 1. The number of aromatic nitrogens is 2. The molecule has 0 saturated carbocycles. The Morgan fingerprint density at radius 3 is 2.82 bits per heavy atom. The first kappa shape index (κ1) is 22.0. The van der Waals surface area contributed by atoms with Crippen molar-refractivity contribution >= 4 is 23.2 Å². The minimum Gasteiger partial charge on any atom is -0.455 e. The lowest BCUT2D eigenvalue weighted by Gasteiger charge is -2.22. The number of rotatable bonds is 7. The molecule has 8 heteroatoms. The predicted octanol–water partition coefficient (Wildman–Crippen LogP) is 4.94. The molecule has 0 aliphatic carbocycles. The highest BCUT2D eigenvalue weighted by Gasteiger charge is 2.23. The van der Waals surface area contributed by atoms with E-state index in [2.05, 4.69) is 20.2 Å². The highest BCUT2D eigenvalue weighted by molar-refractivity contribution is 6.31. The Balaban J connectivity index is 1.25. The van der Waals surface area contributed by atoms with Crippen LogP contribution in [0.3, 0.4) is 0 Å². The number of nitrogens with zero attached hydrogens (tertiary/aromatic N) is 3. The van der Waals surface area contributed by atoms with Crippen LogP contribution in [0.4, 0.5) is 5.69 Å². The molecule has 0 atom stereocenters. The number of nitrogens with one attached hydrogen (secondary N) is 1. The lowest BCUT2D eigenvalue weighted by atomic mass is 10.2. The van der Waals surface area contributed by atoms with Crippen LogP contribution in [-0.2, 0) is 30.7 Å². The lowest BCUT2D eigenvalue weighted by molar-refractivity contribution is -0.120. The number of para-hydroxylation sites is 1. The molecule has 172 valence electrons. The van der Waals surface area contributed by atoms with Gasteiger partial charge in [0, 0.05) is 42.0 Å². The zero-order valence-electron chi connectivity index (χ0n) is 18.4. The molecule has 2 aromatic heterocycles. The van der Waals surface area contributed by atoms with Gasteiger partial charge in [0.25, 0.3) is 0 Å². The standard InChI is InChI=1S/C26H23ClN4O3/c27-19-8-9-24-22(13-19)31(15-18-5-1-2-7-23(18)34-24)16-26-30-21(17-33-26)14-25(32)29-12-10-20-6-3-4-11-28-20/h1-9,11,13,17H,10,12,14-16H2,(H,29,32). The number of fused-ring (bicyclic) bond motifs is 2. The van der Waals surface area contributed by atoms with Crippen molar-refractivity contribution in [2.75, 3.05) is 11.4 Å². The number of hydrogen-bond donors (Lipinski definition) is 1. The van der Waals surface area contributed by atoms with Crippen LogP contribution in [0.1, 0.15) is 22.8 Å². The summed E-state index contributed by atoms with van der Waals surface area (Å²) in [5, 5.41) is 3.53. The number of halogens is 1. The van der Waals surface area contributed by atoms with Gasteiger partial charge in [0.05, 0.1) is 24.3 Å². The molecule has 1 amide bonds. The van der Waals surface area contributed by atoms with E-state index in [9.17, 15) is 4.79 Å². The minimum absolute atomic E-state index is 0.106. The molecule has 7 nitrogen and oxygen atoms in total. The highest BCUT2D eigenvalue weighted by Crippen LogP contribution is 2.40. The maximum Gasteiger partial charge on any atom is 0.226 e. The molecular weight excluding hydrogens is 452 g/mol. The van der Waals surface area contributed by atoms with Gasteiger partial charge in [0.15, 0.2) is 5.75 Å². The number of amides is 1. The quantitative estimate of drug-likeness (QED) is 0.409. The summed E-state index contributed by atoms with van der Waals surface area (Å²) in [6, 6.07) is 19.2. The van der Waals surface area contributed by atoms with E-state index in [1.54, 1.807) is 6.20 Å². The molecule has 1 aliphatic rings. The van der Waals surface area contributed by atoms with Crippen molar-refractivity contribution < 1.29 is 13.9 Å². The van der Waals surface area contributed by atoms with Crippen molar-refractivity contribution in [3.05, 3.63) is 101 Å². The Bertz CT molecular complexity index is 1290. The average Bonchev–Trinajstić information content (AvgIpc) is 3.21. The van der Waals surface area contributed by atoms with E-state index in [4.69, 9.17) is 20.8 Å². The Hall–Kier alpha value is -3.84. The molecule has 3 heterocycles. The maximum atomic E-state index is 12.3. The van der Waals surface area contributed by atoms with Gasteiger partial charge >= 0.3 is 0 Å². The summed E-state index contributed by atoms with van der Waals surface area (Å²) in [4.78, 5) is 23.2. The molecule has 1 aliphatic heterocycles. The third kappa shape index (κ3) is 5.21. The Kier molecular flexibility index (Phi) is 6.44. The second kappa shape index (κ2) is 9.97. The van der Waals surface area contributed by atoms with Gasteiger partial charge < -0.3 is 19.4 Å². The van der Waals surface area contributed by atoms with Gasteiger partial charge in [-0.1, -0.05) is 35.9 Å². The SMILES string of the molecule is O=C(Cc1coc(CN2Cc3ccccc3Oc3ccc(Cl)cc32)n1)NCCc1ccccn1. The molecule has 0 fully saturated rings. The molecule has 34 heavy (non-hydrogen) atoms. The second-order valence-electron chi connectivity index (χ2n) is 8.01. The van der Waals surface area contributed by atoms with Crippen molar-refractivity contribution in [3.63, 3.8) is 0 Å². The van der Waals surface area contributed by atoms with Gasteiger partial charge in [-0.2, -0.15) is 0 Å². The normalized spacial score (nSPS) is 12.3. The molecule has 0 bridgehead atoms. The zero-order chi connectivity index (χ0) is 23.3. The summed E-state index contributed by atoms with van der Waals surface area (Å²) in [6.07, 6.45) is 4.11. The molecule has 2 aromatic carbocycles. The summed E-state index contributed by atoms with van der Waals surface area (Å²) >= 11 is 6.28. The van der Waals surface area contributed by atoms with E-state index in [1.807, 2.05) is 60.7 Å². The fourth-order valence-electron chi connectivity index (χ4n) is 3.88. The van der Waals surface area contributed by atoms with E-state index >= 15 is 0 Å². The van der Waals surface area contributed by atoms with Crippen LogP contribution in [-0.4, -0.2) is 22.4 Å². The Morgan fingerprint density at radius 2 is 1.94 bits per heavy atom. The smallest absolute Gasteiger partial charge is 0.226 e. The number of ether oxygens (including phenoxy) is 1. The topological polar surface area (TPSA) is 80.5 Å². The maximum absolute atomic E-state index is 12.3. The van der Waals surface area contributed by atoms with Crippen molar-refractivity contribution in [2.24, 2.45) is 0 Å². The number of hydrogen-bond acceptors (Lipinski definition) is 6. The summed E-state index contributed by atoms with van der Waals surface area (Å²) in [6.45, 7) is 1.53. The van der Waals surface area contributed by atoms with Gasteiger partial charge in [-0.3, -0.25) is 9.78 Å². The number of benzene rings is 2. The molecule has 5 rings (SSSR count). The van der Waals surface area contributed by atoms with Crippen molar-refractivity contribution in [3.8, 4) is 11.5 Å². The van der Waals surface area contributed by atoms with Crippen molar-refractivity contribution in [1.29, 1.82) is 0 Å². The highest BCUT2D eigenvalue weighted by atomic mass is 35.5. The van der Waals surface area contributed by atoms with Gasteiger partial charge in [0.2, 0.25) is 11.8 Å². The van der Waals surface area contributed by atoms with Crippen LogP contribution in [0.5, 0.6) is 11.5 Å². The largest absolute Gasteiger partial charge is 0.455 e. The summed E-state index contributed by atoms with van der Waals surface area (Å²) < 4.78 is 11.8. The lowest BCUT2D eigenvalue weighted by Crippen LogP contribution is -2.27. The molecule has 0 unspecified atom stereocenters. The van der Waals surface area contributed by atoms with Crippen LogP contribution < -0.4 is 15.0 Å². The zero-order valence-corrected chi connectivity index (χ0v) is 19.2. The van der Waals surface area contributed by atoms with Crippen molar-refractivity contribution in [2.45, 2.75) is 25.9 Å². The van der Waals surface area contributed by atoms with Gasteiger partial charge in [0.1, 0.15) is 12.0 Å². The van der Waals surface area contributed by atoms with Crippen LogP contribution in [0, 0.1) is 0 Å². The summed E-state index contributed by atoms with van der Waals surface area (Å²) in [7, 11) is 0. The van der Waals surface area contributed by atoms with Gasteiger partial charge in [-0.25, -0.2) is 4.98 Å². The molecule has 0 saturated heterocycles. The van der Waals surface area contributed by atoms with Gasteiger partial charge in [-0.15, -0.1) is 0 Å². The average molecular weight is 475 g/mol. The van der Waals surface area contributed by atoms with E-state index < -0.39 is 0 Å². The third-order valence-corrected chi connectivity index (χ3v) is 5.75. The van der Waals surface area contributed by atoms with Crippen LogP contribution in [0.15, 0.2) is 77.5 Å². The molecule has 0 spiro atoms. The third-order valence-electron chi connectivity index (χ3n) is 5.51. The molecule has 4 aromatic rings. The predicted molar refractivity (Wildman–Crippen MR) is 129 cm³/mol. The number of carbonyl (C=O) groups excluding carboxylic acids is 1. The number of oxazole rings is 1. The first-order chi connectivity index (χ1) is 16.6. The Morgan fingerprint density at radius 1 is 1.06 bits per heavy atom. The Labute approximate surface area is 202 Å². The second-order valence-corrected chi connectivity index (χ2v) is 8.44. The van der Waals surface area contributed by atoms with Crippen LogP contribution in [0.2, 0.25) is 5.02 Å². The van der Waals surface area contributed by atoms with E-state index in [0.717, 1.165) is 22.7 Å². The number of carbonyl (C=O) groups is 1. The molecule has 1 N–H and O–H groups in total. The van der Waals surface area contributed by atoms with E-state index in [-0.39, 0.29) is 12.3 Å². The monoisotopic (exact) mass is 474 g/mol.